The molecule has 0 spiro atoms. The molecule has 2 aliphatic carbocycles. The maximum atomic E-state index is 12.5. The molecule has 0 atom stereocenters. The van der Waals surface area contributed by atoms with Crippen molar-refractivity contribution in [3.05, 3.63) is 0 Å². The van der Waals surface area contributed by atoms with E-state index in [4.69, 9.17) is 4.74 Å². The Balaban J connectivity index is 2.05. The van der Waals surface area contributed by atoms with E-state index >= 15 is 0 Å². The van der Waals surface area contributed by atoms with Crippen molar-refractivity contribution in [1.29, 1.82) is 5.26 Å². The summed E-state index contributed by atoms with van der Waals surface area (Å²) in [6.45, 7) is 4.07. The van der Waals surface area contributed by atoms with Crippen molar-refractivity contribution in [1.82, 2.24) is 4.90 Å². The van der Waals surface area contributed by atoms with Crippen LogP contribution in [0.4, 0.5) is 0 Å². The van der Waals surface area contributed by atoms with Crippen LogP contribution in [0.3, 0.4) is 0 Å². The van der Waals surface area contributed by atoms with Crippen LogP contribution in [-0.2, 0) is 14.3 Å². The van der Waals surface area contributed by atoms with E-state index < -0.39 is 5.41 Å². The lowest BCUT2D eigenvalue weighted by atomic mass is 9.62. The molecule has 0 saturated heterocycles. The fourth-order valence-electron chi connectivity index (χ4n) is 2.82. The predicted molar refractivity (Wildman–Crippen MR) is 67.8 cm³/mol. The summed E-state index contributed by atoms with van der Waals surface area (Å²) in [4.78, 5) is 25.7. The van der Waals surface area contributed by atoms with Crippen LogP contribution in [0, 0.1) is 22.7 Å². The van der Waals surface area contributed by atoms with Gasteiger partial charge in [-0.25, -0.2) is 0 Å². The smallest absolute Gasteiger partial charge is 0.325 e. The molecule has 1 amide bonds. The second-order valence-electron chi connectivity index (χ2n) is 5.68. The van der Waals surface area contributed by atoms with Crippen LogP contribution in [-0.4, -0.2) is 36.0 Å². The third kappa shape index (κ3) is 2.73. The van der Waals surface area contributed by atoms with Crippen molar-refractivity contribution in [2.24, 2.45) is 11.3 Å². The Morgan fingerprint density at radius 3 is 2.47 bits per heavy atom. The molecule has 0 unspecified atom stereocenters. The van der Waals surface area contributed by atoms with Crippen molar-refractivity contribution in [2.75, 3.05) is 13.2 Å². The monoisotopic (exact) mass is 264 g/mol. The summed E-state index contributed by atoms with van der Waals surface area (Å²) in [5.41, 5.74) is -0.894. The van der Waals surface area contributed by atoms with Gasteiger partial charge in [0.2, 0.25) is 5.91 Å². The molecule has 5 nitrogen and oxygen atoms in total. The molecular formula is C14H20N2O3. The van der Waals surface area contributed by atoms with Gasteiger partial charge >= 0.3 is 5.97 Å². The Morgan fingerprint density at radius 2 is 2.05 bits per heavy atom. The number of carbonyl (C=O) groups excluding carboxylic acids is 2. The minimum absolute atomic E-state index is 0.0187. The van der Waals surface area contributed by atoms with Crippen molar-refractivity contribution in [3.63, 3.8) is 0 Å². The van der Waals surface area contributed by atoms with Crippen LogP contribution < -0.4 is 0 Å². The van der Waals surface area contributed by atoms with E-state index in [0.717, 1.165) is 12.8 Å². The van der Waals surface area contributed by atoms with Crippen LogP contribution >= 0.6 is 0 Å². The fourth-order valence-corrected chi connectivity index (χ4v) is 2.82. The van der Waals surface area contributed by atoms with Gasteiger partial charge in [0.25, 0.3) is 0 Å². The van der Waals surface area contributed by atoms with Crippen LogP contribution in [0.25, 0.3) is 0 Å². The highest BCUT2D eigenvalue weighted by atomic mass is 16.5. The Kier molecular flexibility index (Phi) is 3.79. The molecule has 0 aromatic rings. The fraction of sp³-hybridized carbons (Fsp3) is 0.786. The van der Waals surface area contributed by atoms with Gasteiger partial charge in [-0.05, 0) is 38.5 Å². The largest absolute Gasteiger partial charge is 0.465 e. The zero-order chi connectivity index (χ0) is 14.0. The van der Waals surface area contributed by atoms with E-state index in [9.17, 15) is 14.9 Å². The summed E-state index contributed by atoms with van der Waals surface area (Å²) < 4.78 is 4.90. The molecule has 0 aromatic heterocycles. The quantitative estimate of drug-likeness (QED) is 0.705. The highest BCUT2D eigenvalue weighted by molar-refractivity contribution is 5.89. The topological polar surface area (TPSA) is 70.4 Å². The van der Waals surface area contributed by atoms with Gasteiger partial charge in [0.05, 0.1) is 12.7 Å². The van der Waals surface area contributed by atoms with Gasteiger partial charge in [-0.3, -0.25) is 9.59 Å². The van der Waals surface area contributed by atoms with Crippen LogP contribution in [0.15, 0.2) is 0 Å². The van der Waals surface area contributed by atoms with Gasteiger partial charge < -0.3 is 9.64 Å². The summed E-state index contributed by atoms with van der Waals surface area (Å²) in [5, 5.41) is 9.30. The first-order valence-corrected chi connectivity index (χ1v) is 6.90. The Bertz CT molecular complexity index is 417. The van der Waals surface area contributed by atoms with Crippen molar-refractivity contribution >= 4 is 11.9 Å². The normalized spacial score (nSPS) is 29.0. The Hall–Kier alpha value is -1.57. The maximum absolute atomic E-state index is 12.5. The predicted octanol–water partition coefficient (Wildman–Crippen LogP) is 1.48. The lowest BCUT2D eigenvalue weighted by Crippen LogP contribution is -2.52. The summed E-state index contributed by atoms with van der Waals surface area (Å²) in [6.07, 6.45) is 3.05. The zero-order valence-corrected chi connectivity index (χ0v) is 11.5. The first-order valence-electron chi connectivity index (χ1n) is 6.90. The third-order valence-electron chi connectivity index (χ3n) is 3.87. The number of rotatable bonds is 5. The van der Waals surface area contributed by atoms with Crippen molar-refractivity contribution < 1.29 is 14.3 Å². The molecule has 0 bridgehead atoms. The standard InChI is InChI=1S/C14H20N2O3/c1-3-19-12(17)8-16(11-4-5-11)13(18)14(9-15)6-10(2)7-14/h10-11H,3-8H2,1-2H3. The van der Waals surface area contributed by atoms with Crippen LogP contribution in [0.2, 0.25) is 0 Å². The molecule has 2 saturated carbocycles. The first kappa shape index (κ1) is 13.9. The lowest BCUT2D eigenvalue weighted by molar-refractivity contribution is -0.155. The summed E-state index contributed by atoms with van der Waals surface area (Å²) >= 11 is 0. The molecule has 0 N–H and O–H groups in total. The SMILES string of the molecule is CCOC(=O)CN(C(=O)C1(C#N)CC(C)C1)C1CC1. The van der Waals surface area contributed by atoms with Gasteiger partial charge in [-0.1, -0.05) is 6.92 Å². The van der Waals surface area contributed by atoms with Gasteiger partial charge in [-0.15, -0.1) is 0 Å². The highest BCUT2D eigenvalue weighted by Gasteiger charge is 2.53. The molecule has 2 rings (SSSR count). The Morgan fingerprint density at radius 1 is 1.42 bits per heavy atom. The molecule has 0 radical (unpaired) electrons. The number of nitriles is 1. The summed E-state index contributed by atoms with van der Waals surface area (Å²) in [5.74, 6) is -0.154. The lowest BCUT2D eigenvalue weighted by Gasteiger charge is -2.42. The molecule has 0 aromatic carbocycles. The minimum Gasteiger partial charge on any atom is -0.465 e. The molecule has 19 heavy (non-hydrogen) atoms. The molecule has 5 heteroatoms. The molecule has 2 aliphatic rings. The number of hydrogen-bond donors (Lipinski definition) is 0. The zero-order valence-electron chi connectivity index (χ0n) is 11.5. The average molecular weight is 264 g/mol. The summed E-state index contributed by atoms with van der Waals surface area (Å²) in [7, 11) is 0. The number of carbonyl (C=O) groups is 2. The molecule has 104 valence electrons. The number of nitrogens with zero attached hydrogens (tertiary/aromatic N) is 2. The van der Waals surface area contributed by atoms with Crippen molar-refractivity contribution in [3.8, 4) is 6.07 Å². The van der Waals surface area contributed by atoms with Gasteiger partial charge in [0.15, 0.2) is 0 Å². The van der Waals surface area contributed by atoms with E-state index in [2.05, 4.69) is 6.07 Å². The van der Waals surface area contributed by atoms with Crippen LogP contribution in [0.1, 0.15) is 39.5 Å². The van der Waals surface area contributed by atoms with Gasteiger partial charge in [-0.2, -0.15) is 5.26 Å². The van der Waals surface area contributed by atoms with E-state index in [-0.39, 0.29) is 24.5 Å². The van der Waals surface area contributed by atoms with Crippen molar-refractivity contribution in [2.45, 2.75) is 45.6 Å². The average Bonchev–Trinajstić information content (AvgIpc) is 3.15. The van der Waals surface area contributed by atoms with E-state index in [0.29, 0.717) is 25.4 Å². The number of ether oxygens (including phenoxy) is 1. The third-order valence-corrected chi connectivity index (χ3v) is 3.87. The van der Waals surface area contributed by atoms with Gasteiger partial charge in [0.1, 0.15) is 12.0 Å². The molecular weight excluding hydrogens is 244 g/mol. The number of hydrogen-bond acceptors (Lipinski definition) is 4. The van der Waals surface area contributed by atoms with E-state index in [1.807, 2.05) is 6.92 Å². The maximum Gasteiger partial charge on any atom is 0.325 e. The number of esters is 1. The minimum atomic E-state index is -0.894. The summed E-state index contributed by atoms with van der Waals surface area (Å²) in [6, 6.07) is 2.29. The highest BCUT2D eigenvalue weighted by Crippen LogP contribution is 2.47. The van der Waals surface area contributed by atoms with E-state index in [1.54, 1.807) is 11.8 Å². The van der Waals surface area contributed by atoms with Gasteiger partial charge in [0, 0.05) is 6.04 Å². The second-order valence-corrected chi connectivity index (χ2v) is 5.68. The van der Waals surface area contributed by atoms with E-state index in [1.165, 1.54) is 0 Å². The Labute approximate surface area is 113 Å². The second kappa shape index (κ2) is 5.20. The molecule has 0 aliphatic heterocycles. The van der Waals surface area contributed by atoms with Crippen LogP contribution in [0.5, 0.6) is 0 Å². The number of amides is 1. The first-order chi connectivity index (χ1) is 9.02. The molecule has 2 fully saturated rings. The molecule has 0 heterocycles.